The van der Waals surface area contributed by atoms with E-state index in [0.29, 0.717) is 0 Å². The number of nitrogens with one attached hydrogen (secondary N) is 1. The molecule has 0 saturated carbocycles. The van der Waals surface area contributed by atoms with Gasteiger partial charge in [0, 0.05) is 18.9 Å². The third kappa shape index (κ3) is 1.20. The van der Waals surface area contributed by atoms with Gasteiger partial charge in [0.25, 0.3) is 0 Å². The van der Waals surface area contributed by atoms with Gasteiger partial charge in [-0.1, -0.05) is 0 Å². The van der Waals surface area contributed by atoms with Gasteiger partial charge in [-0.15, -0.1) is 0 Å². The molecule has 1 atom stereocenters. The van der Waals surface area contributed by atoms with Crippen LogP contribution in [-0.2, 0) is 7.05 Å². The number of hydrogen-bond donors (Lipinski definition) is 2. The van der Waals surface area contributed by atoms with Crippen LogP contribution in [-0.4, -0.2) is 4.57 Å². The molecule has 0 unspecified atom stereocenters. The number of hydrazine groups is 1. The Labute approximate surface area is 60.8 Å². The Balaban J connectivity index is 2.82. The van der Waals surface area contributed by atoms with Gasteiger partial charge in [0.05, 0.1) is 6.04 Å². The van der Waals surface area contributed by atoms with Gasteiger partial charge < -0.3 is 4.57 Å². The average Bonchev–Trinajstić information content (AvgIpc) is 2.34. The second kappa shape index (κ2) is 2.86. The maximum Gasteiger partial charge on any atom is 0.0583 e. The van der Waals surface area contributed by atoms with Crippen LogP contribution in [0.3, 0.4) is 0 Å². The van der Waals surface area contributed by atoms with Gasteiger partial charge in [0.15, 0.2) is 0 Å². The fraction of sp³-hybridized carbons (Fsp3) is 0.429. The fourth-order valence-electron chi connectivity index (χ4n) is 1.01. The molecular weight excluding hydrogens is 126 g/mol. The molecule has 3 nitrogen and oxygen atoms in total. The number of nitrogens with two attached hydrogens (primary N) is 1. The zero-order chi connectivity index (χ0) is 7.56. The first-order valence-corrected chi connectivity index (χ1v) is 3.33. The summed E-state index contributed by atoms with van der Waals surface area (Å²) in [5, 5.41) is 0. The van der Waals surface area contributed by atoms with E-state index in [2.05, 4.69) is 5.43 Å². The predicted molar refractivity (Wildman–Crippen MR) is 41.2 cm³/mol. The maximum atomic E-state index is 5.27. The molecule has 1 aromatic heterocycles. The van der Waals surface area contributed by atoms with E-state index in [-0.39, 0.29) is 6.04 Å². The minimum absolute atomic E-state index is 0.222. The molecule has 0 aromatic carbocycles. The maximum absolute atomic E-state index is 5.27. The molecule has 0 aliphatic carbocycles. The molecule has 3 heteroatoms. The molecule has 1 rings (SSSR count). The first-order chi connectivity index (χ1) is 4.75. The largest absolute Gasteiger partial charge is 0.353 e. The lowest BCUT2D eigenvalue weighted by Gasteiger charge is -2.10. The van der Waals surface area contributed by atoms with Crippen LogP contribution in [0.4, 0.5) is 0 Å². The Morgan fingerprint density at radius 3 is 2.80 bits per heavy atom. The molecule has 0 fully saturated rings. The molecule has 1 aromatic rings. The van der Waals surface area contributed by atoms with Crippen molar-refractivity contribution in [1.82, 2.24) is 9.99 Å². The van der Waals surface area contributed by atoms with Crippen molar-refractivity contribution < 1.29 is 0 Å². The molecule has 0 saturated heterocycles. The van der Waals surface area contributed by atoms with Gasteiger partial charge in [-0.3, -0.25) is 11.3 Å². The monoisotopic (exact) mass is 139 g/mol. The Morgan fingerprint density at radius 1 is 1.70 bits per heavy atom. The topological polar surface area (TPSA) is 43.0 Å². The third-order valence-corrected chi connectivity index (χ3v) is 1.68. The molecule has 10 heavy (non-hydrogen) atoms. The summed E-state index contributed by atoms with van der Waals surface area (Å²) in [6.07, 6.45) is 2.00. The Kier molecular flexibility index (Phi) is 2.09. The van der Waals surface area contributed by atoms with E-state index < -0.39 is 0 Å². The van der Waals surface area contributed by atoms with Crippen molar-refractivity contribution in [2.45, 2.75) is 13.0 Å². The molecule has 0 radical (unpaired) electrons. The highest BCUT2D eigenvalue weighted by molar-refractivity contribution is 5.10. The minimum atomic E-state index is 0.222. The molecular formula is C7H13N3. The van der Waals surface area contributed by atoms with Gasteiger partial charge in [0.1, 0.15) is 0 Å². The van der Waals surface area contributed by atoms with Gasteiger partial charge >= 0.3 is 0 Å². The summed E-state index contributed by atoms with van der Waals surface area (Å²) in [5.74, 6) is 5.27. The first kappa shape index (κ1) is 7.31. The van der Waals surface area contributed by atoms with Crippen molar-refractivity contribution in [3.05, 3.63) is 24.0 Å². The van der Waals surface area contributed by atoms with E-state index in [1.807, 2.05) is 36.9 Å². The second-order valence-corrected chi connectivity index (χ2v) is 2.43. The van der Waals surface area contributed by atoms with Crippen LogP contribution < -0.4 is 11.3 Å². The van der Waals surface area contributed by atoms with E-state index >= 15 is 0 Å². The van der Waals surface area contributed by atoms with Crippen LogP contribution in [0.2, 0.25) is 0 Å². The van der Waals surface area contributed by atoms with Crippen molar-refractivity contribution in [2.75, 3.05) is 0 Å². The predicted octanol–water partition coefficient (Wildman–Crippen LogP) is 0.549. The Hall–Kier alpha value is -0.800. The molecule has 56 valence electrons. The van der Waals surface area contributed by atoms with E-state index in [4.69, 9.17) is 5.84 Å². The highest BCUT2D eigenvalue weighted by atomic mass is 15.2. The van der Waals surface area contributed by atoms with E-state index in [0.717, 1.165) is 0 Å². The van der Waals surface area contributed by atoms with E-state index in [1.54, 1.807) is 0 Å². The lowest BCUT2D eigenvalue weighted by atomic mass is 10.2. The van der Waals surface area contributed by atoms with Gasteiger partial charge in [-0.05, 0) is 19.1 Å². The fourth-order valence-corrected chi connectivity index (χ4v) is 1.01. The first-order valence-electron chi connectivity index (χ1n) is 3.33. The highest BCUT2D eigenvalue weighted by Crippen LogP contribution is 2.09. The number of nitrogens with zero attached hydrogens (tertiary/aromatic N) is 1. The quantitative estimate of drug-likeness (QED) is 0.464. The molecule has 3 N–H and O–H groups in total. The molecule has 0 aliphatic heterocycles. The van der Waals surface area contributed by atoms with Gasteiger partial charge in [-0.25, -0.2) is 0 Å². The van der Waals surface area contributed by atoms with Crippen molar-refractivity contribution in [3.63, 3.8) is 0 Å². The molecule has 0 amide bonds. The van der Waals surface area contributed by atoms with E-state index in [9.17, 15) is 0 Å². The third-order valence-electron chi connectivity index (χ3n) is 1.68. The van der Waals surface area contributed by atoms with Crippen molar-refractivity contribution in [2.24, 2.45) is 12.9 Å². The SMILES string of the molecule is C[C@@H](NN)c1cccn1C. The zero-order valence-corrected chi connectivity index (χ0v) is 6.33. The minimum Gasteiger partial charge on any atom is -0.353 e. The van der Waals surface area contributed by atoms with Crippen LogP contribution in [0.25, 0.3) is 0 Å². The van der Waals surface area contributed by atoms with Crippen molar-refractivity contribution >= 4 is 0 Å². The number of aryl methyl sites for hydroxylation is 1. The average molecular weight is 139 g/mol. The van der Waals surface area contributed by atoms with Crippen molar-refractivity contribution in [3.8, 4) is 0 Å². The van der Waals surface area contributed by atoms with Gasteiger partial charge in [0.2, 0.25) is 0 Å². The number of hydrogen-bond acceptors (Lipinski definition) is 2. The lowest BCUT2D eigenvalue weighted by molar-refractivity contribution is 0.566. The second-order valence-electron chi connectivity index (χ2n) is 2.43. The number of aromatic nitrogens is 1. The summed E-state index contributed by atoms with van der Waals surface area (Å²) >= 11 is 0. The van der Waals surface area contributed by atoms with Crippen LogP contribution in [0.5, 0.6) is 0 Å². The normalized spacial score (nSPS) is 13.5. The summed E-state index contributed by atoms with van der Waals surface area (Å²) in [4.78, 5) is 0. The summed E-state index contributed by atoms with van der Waals surface area (Å²) in [6, 6.07) is 4.27. The molecule has 1 heterocycles. The van der Waals surface area contributed by atoms with Crippen LogP contribution in [0.1, 0.15) is 18.7 Å². The Bertz CT molecular complexity index is 204. The molecule has 0 bridgehead atoms. The lowest BCUT2D eigenvalue weighted by Crippen LogP contribution is -2.26. The van der Waals surface area contributed by atoms with Crippen LogP contribution in [0, 0.1) is 0 Å². The van der Waals surface area contributed by atoms with Crippen LogP contribution in [0.15, 0.2) is 18.3 Å². The zero-order valence-electron chi connectivity index (χ0n) is 6.33. The summed E-state index contributed by atoms with van der Waals surface area (Å²) in [6.45, 7) is 2.02. The molecule has 0 spiro atoms. The Morgan fingerprint density at radius 2 is 2.40 bits per heavy atom. The number of rotatable bonds is 2. The van der Waals surface area contributed by atoms with Crippen LogP contribution >= 0.6 is 0 Å². The summed E-state index contributed by atoms with van der Waals surface area (Å²) in [5.41, 5.74) is 3.88. The van der Waals surface area contributed by atoms with Gasteiger partial charge in [-0.2, -0.15) is 0 Å². The van der Waals surface area contributed by atoms with E-state index in [1.165, 1.54) is 5.69 Å². The summed E-state index contributed by atoms with van der Waals surface area (Å²) < 4.78 is 2.05. The molecule has 0 aliphatic rings. The standard InChI is InChI=1S/C7H13N3/c1-6(9-8)7-4-3-5-10(7)2/h3-6,9H,8H2,1-2H3/t6-/m1/s1. The highest BCUT2D eigenvalue weighted by Gasteiger charge is 2.03. The van der Waals surface area contributed by atoms with Crippen molar-refractivity contribution in [1.29, 1.82) is 0 Å². The summed E-state index contributed by atoms with van der Waals surface area (Å²) in [7, 11) is 2.00. The smallest absolute Gasteiger partial charge is 0.0583 e.